The lowest BCUT2D eigenvalue weighted by Gasteiger charge is -2.12. The van der Waals surface area contributed by atoms with E-state index in [1.54, 1.807) is 30.3 Å². The molecule has 7 heteroatoms. The molecule has 0 fully saturated rings. The average Bonchev–Trinajstić information content (AvgIpc) is 2.71. The minimum absolute atomic E-state index is 0.331. The van der Waals surface area contributed by atoms with Gasteiger partial charge in [-0.3, -0.25) is 20.4 Å². The van der Waals surface area contributed by atoms with Gasteiger partial charge < -0.3 is 5.32 Å². The molecule has 0 aromatic heterocycles. The van der Waals surface area contributed by atoms with E-state index in [0.29, 0.717) is 22.6 Å². The third-order valence-corrected chi connectivity index (χ3v) is 3.99. The van der Waals surface area contributed by atoms with Crippen molar-refractivity contribution in [2.24, 2.45) is 0 Å². The highest BCUT2D eigenvalue weighted by molar-refractivity contribution is 6.32. The van der Waals surface area contributed by atoms with Gasteiger partial charge in [-0.25, -0.2) is 0 Å². The number of rotatable bonds is 7. The van der Waals surface area contributed by atoms with Crippen molar-refractivity contribution in [1.82, 2.24) is 10.9 Å². The maximum atomic E-state index is 11.1. The maximum Gasteiger partial charge on any atom is 0.269 e. The summed E-state index contributed by atoms with van der Waals surface area (Å²) in [6.45, 7) is 5.08. The number of hydrazine groups is 1. The Balaban J connectivity index is 0.000000277. The van der Waals surface area contributed by atoms with Gasteiger partial charge in [-0.1, -0.05) is 43.6 Å². The van der Waals surface area contributed by atoms with Crippen molar-refractivity contribution >= 4 is 29.6 Å². The second kappa shape index (κ2) is 12.3. The van der Waals surface area contributed by atoms with Gasteiger partial charge in [0.2, 0.25) is 6.41 Å². The number of nitrogens with zero attached hydrogens (tertiary/aromatic N) is 1. The first-order chi connectivity index (χ1) is 13.1. The standard InChI is InChI=1S/C12H15ClN2.C8H8N2O2/c1-3-7-15-11-6-5-9(8-14)12(13)10(11)4-2;11-6-9-10-8(12)7-4-2-1-3-5-7/h5-6,15H,3-4,7H2,1-2H3;1-6H,(H,9,11)(H,10,12). The summed E-state index contributed by atoms with van der Waals surface area (Å²) in [7, 11) is 0. The molecule has 27 heavy (non-hydrogen) atoms. The first-order valence-corrected chi connectivity index (χ1v) is 8.96. The van der Waals surface area contributed by atoms with Crippen LogP contribution in [0.3, 0.4) is 0 Å². The van der Waals surface area contributed by atoms with Crippen LogP contribution in [0.4, 0.5) is 5.69 Å². The molecule has 2 rings (SSSR count). The number of carbonyl (C=O) groups is 2. The molecule has 142 valence electrons. The second-order valence-corrected chi connectivity index (χ2v) is 5.81. The highest BCUT2D eigenvalue weighted by Crippen LogP contribution is 2.28. The van der Waals surface area contributed by atoms with Crippen LogP contribution in [0.1, 0.15) is 41.8 Å². The zero-order chi connectivity index (χ0) is 20.1. The highest BCUT2D eigenvalue weighted by atomic mass is 35.5. The van der Waals surface area contributed by atoms with Crippen LogP contribution >= 0.6 is 11.6 Å². The summed E-state index contributed by atoms with van der Waals surface area (Å²) in [4.78, 5) is 20.9. The second-order valence-electron chi connectivity index (χ2n) is 5.43. The monoisotopic (exact) mass is 386 g/mol. The quantitative estimate of drug-likeness (QED) is 0.499. The van der Waals surface area contributed by atoms with Crippen LogP contribution in [0, 0.1) is 11.3 Å². The van der Waals surface area contributed by atoms with Crippen LogP contribution in [0.25, 0.3) is 0 Å². The number of benzene rings is 2. The van der Waals surface area contributed by atoms with Crippen LogP contribution in [0.2, 0.25) is 5.02 Å². The third-order valence-electron chi connectivity index (χ3n) is 3.56. The average molecular weight is 387 g/mol. The van der Waals surface area contributed by atoms with E-state index in [2.05, 4.69) is 29.2 Å². The molecule has 2 aromatic carbocycles. The normalized spacial score (nSPS) is 9.26. The zero-order valence-corrected chi connectivity index (χ0v) is 16.1. The van der Waals surface area contributed by atoms with Gasteiger partial charge in [0.15, 0.2) is 0 Å². The molecule has 0 atom stereocenters. The van der Waals surface area contributed by atoms with Gasteiger partial charge in [0.1, 0.15) is 6.07 Å². The molecule has 0 saturated heterocycles. The smallest absolute Gasteiger partial charge is 0.269 e. The fourth-order valence-corrected chi connectivity index (χ4v) is 2.58. The minimum atomic E-state index is -0.331. The summed E-state index contributed by atoms with van der Waals surface area (Å²) in [5.74, 6) is -0.331. The van der Waals surface area contributed by atoms with E-state index < -0.39 is 0 Å². The van der Waals surface area contributed by atoms with Gasteiger partial charge in [0, 0.05) is 17.8 Å². The van der Waals surface area contributed by atoms with Crippen molar-refractivity contribution in [3.8, 4) is 6.07 Å². The van der Waals surface area contributed by atoms with Gasteiger partial charge in [-0.2, -0.15) is 5.26 Å². The first-order valence-electron chi connectivity index (χ1n) is 8.58. The number of anilines is 1. The topological polar surface area (TPSA) is 94.0 Å². The number of hydrogen-bond acceptors (Lipinski definition) is 4. The lowest BCUT2D eigenvalue weighted by atomic mass is 10.1. The molecule has 0 aliphatic rings. The molecule has 0 heterocycles. The van der Waals surface area contributed by atoms with Crippen molar-refractivity contribution in [2.75, 3.05) is 11.9 Å². The van der Waals surface area contributed by atoms with Crippen LogP contribution in [0.15, 0.2) is 42.5 Å². The fraction of sp³-hybridized carbons (Fsp3) is 0.250. The van der Waals surface area contributed by atoms with Gasteiger partial charge >= 0.3 is 0 Å². The van der Waals surface area contributed by atoms with Crippen molar-refractivity contribution in [2.45, 2.75) is 26.7 Å². The summed E-state index contributed by atoms with van der Waals surface area (Å²) in [5.41, 5.74) is 7.39. The Labute approximate surface area is 164 Å². The molecule has 0 unspecified atom stereocenters. The first kappa shape index (κ1) is 22.0. The van der Waals surface area contributed by atoms with Crippen molar-refractivity contribution < 1.29 is 9.59 Å². The summed E-state index contributed by atoms with van der Waals surface area (Å²) in [6.07, 6.45) is 2.31. The van der Waals surface area contributed by atoms with E-state index in [-0.39, 0.29) is 5.91 Å². The van der Waals surface area contributed by atoms with Gasteiger partial charge in [-0.05, 0) is 42.7 Å². The minimum Gasteiger partial charge on any atom is -0.385 e. The van der Waals surface area contributed by atoms with E-state index in [1.807, 2.05) is 19.1 Å². The van der Waals surface area contributed by atoms with Gasteiger partial charge in [0.05, 0.1) is 10.6 Å². The third kappa shape index (κ3) is 7.00. The van der Waals surface area contributed by atoms with Crippen LogP contribution in [-0.4, -0.2) is 18.9 Å². The molecule has 2 aromatic rings. The number of nitriles is 1. The van der Waals surface area contributed by atoms with Crippen molar-refractivity contribution in [1.29, 1.82) is 5.26 Å². The molecule has 6 nitrogen and oxygen atoms in total. The Kier molecular flexibility index (Phi) is 10.1. The molecular weight excluding hydrogens is 364 g/mol. The van der Waals surface area contributed by atoms with E-state index in [1.165, 1.54) is 0 Å². The Hall–Kier alpha value is -3.04. The van der Waals surface area contributed by atoms with Gasteiger partial charge in [-0.15, -0.1) is 0 Å². The predicted molar refractivity (Wildman–Crippen MR) is 107 cm³/mol. The predicted octanol–water partition coefficient (Wildman–Crippen LogP) is 3.67. The van der Waals surface area contributed by atoms with Crippen molar-refractivity contribution in [3.63, 3.8) is 0 Å². The molecule has 0 spiro atoms. The molecular formula is C20H23ClN4O2. The lowest BCUT2D eigenvalue weighted by molar-refractivity contribution is -0.110. The van der Waals surface area contributed by atoms with Crippen LogP contribution in [0.5, 0.6) is 0 Å². The van der Waals surface area contributed by atoms with Crippen LogP contribution in [-0.2, 0) is 11.2 Å². The van der Waals surface area contributed by atoms with Crippen molar-refractivity contribution in [3.05, 3.63) is 64.2 Å². The molecule has 0 saturated carbocycles. The van der Waals surface area contributed by atoms with E-state index in [0.717, 1.165) is 30.6 Å². The Morgan fingerprint density at radius 2 is 1.89 bits per heavy atom. The largest absolute Gasteiger partial charge is 0.385 e. The highest BCUT2D eigenvalue weighted by Gasteiger charge is 2.09. The summed E-state index contributed by atoms with van der Waals surface area (Å²) >= 11 is 6.13. The Morgan fingerprint density at radius 1 is 1.19 bits per heavy atom. The molecule has 0 aliphatic heterocycles. The number of hydrogen-bond donors (Lipinski definition) is 3. The SMILES string of the molecule is CCCNc1ccc(C#N)c(Cl)c1CC.O=CNNC(=O)c1ccccc1. The molecule has 2 amide bonds. The summed E-state index contributed by atoms with van der Waals surface area (Å²) in [6, 6.07) is 14.4. The Morgan fingerprint density at radius 3 is 2.44 bits per heavy atom. The van der Waals surface area contributed by atoms with E-state index in [4.69, 9.17) is 16.9 Å². The van der Waals surface area contributed by atoms with Gasteiger partial charge in [0.25, 0.3) is 5.91 Å². The summed E-state index contributed by atoms with van der Waals surface area (Å²) < 4.78 is 0. The van der Waals surface area contributed by atoms with E-state index >= 15 is 0 Å². The Bertz CT molecular complexity index is 789. The molecule has 3 N–H and O–H groups in total. The number of amides is 2. The number of nitrogens with one attached hydrogen (secondary N) is 3. The van der Waals surface area contributed by atoms with Crippen LogP contribution < -0.4 is 16.2 Å². The molecule has 0 aliphatic carbocycles. The van der Waals surface area contributed by atoms with E-state index in [9.17, 15) is 9.59 Å². The maximum absolute atomic E-state index is 11.1. The zero-order valence-electron chi connectivity index (χ0n) is 15.4. The molecule has 0 bridgehead atoms. The fourth-order valence-electron chi connectivity index (χ4n) is 2.24. The number of halogens is 1. The molecule has 0 radical (unpaired) electrons. The lowest BCUT2D eigenvalue weighted by Crippen LogP contribution is -2.36. The number of carbonyl (C=O) groups excluding carboxylic acids is 2. The summed E-state index contributed by atoms with van der Waals surface area (Å²) in [5, 5.41) is 12.7.